The minimum absolute atomic E-state index is 0.00303. The van der Waals surface area contributed by atoms with E-state index >= 15 is 0 Å². The number of nitrogens with zero attached hydrogens (tertiary/aromatic N) is 1. The second-order valence-electron chi connectivity index (χ2n) is 4.46. The molecule has 0 radical (unpaired) electrons. The highest BCUT2D eigenvalue weighted by molar-refractivity contribution is 5.94. The van der Waals surface area contributed by atoms with Crippen LogP contribution in [0, 0.1) is 6.92 Å². The van der Waals surface area contributed by atoms with Gasteiger partial charge in [-0.3, -0.25) is 4.79 Å². The van der Waals surface area contributed by atoms with Crippen molar-refractivity contribution >= 4 is 11.9 Å². The Morgan fingerprint density at radius 3 is 2.48 bits per heavy atom. The molecule has 0 unspecified atom stereocenters. The first-order valence-electron chi connectivity index (χ1n) is 6.26. The summed E-state index contributed by atoms with van der Waals surface area (Å²) < 4.78 is 35.7. The van der Waals surface area contributed by atoms with E-state index in [1.165, 1.54) is 19.1 Å². The maximum absolute atomic E-state index is 11.9. The molecule has 8 heteroatoms. The van der Waals surface area contributed by atoms with Crippen LogP contribution in [0.4, 0.5) is 13.2 Å². The lowest BCUT2D eigenvalue weighted by atomic mass is 10.2. The van der Waals surface area contributed by atoms with Crippen molar-refractivity contribution in [1.82, 2.24) is 10.3 Å². The Balaban J connectivity index is 2.46. The fourth-order valence-electron chi connectivity index (χ4n) is 1.66. The SMILES string of the molecule is Cc1nc(C(=O)NCCCCC(F)(F)F)ccc1C(=O)O. The predicted octanol–water partition coefficient (Wildman–Crippen LogP) is 2.55. The summed E-state index contributed by atoms with van der Waals surface area (Å²) in [6.45, 7) is 1.57. The van der Waals surface area contributed by atoms with Crippen LogP contribution in [0.1, 0.15) is 45.8 Å². The summed E-state index contributed by atoms with van der Waals surface area (Å²) in [5, 5.41) is 11.3. The van der Waals surface area contributed by atoms with Crippen molar-refractivity contribution in [2.75, 3.05) is 6.54 Å². The van der Waals surface area contributed by atoms with Crippen molar-refractivity contribution in [3.63, 3.8) is 0 Å². The third-order valence-corrected chi connectivity index (χ3v) is 2.72. The fourth-order valence-corrected chi connectivity index (χ4v) is 1.66. The van der Waals surface area contributed by atoms with Crippen LogP contribution in [0.5, 0.6) is 0 Å². The van der Waals surface area contributed by atoms with Gasteiger partial charge in [-0.05, 0) is 31.9 Å². The smallest absolute Gasteiger partial charge is 0.389 e. The summed E-state index contributed by atoms with van der Waals surface area (Å²) in [5.74, 6) is -1.68. The van der Waals surface area contributed by atoms with Gasteiger partial charge in [-0.25, -0.2) is 9.78 Å². The van der Waals surface area contributed by atoms with Gasteiger partial charge >= 0.3 is 12.1 Å². The zero-order valence-electron chi connectivity index (χ0n) is 11.3. The number of unbranched alkanes of at least 4 members (excludes halogenated alkanes) is 1. The molecule has 21 heavy (non-hydrogen) atoms. The molecule has 0 saturated carbocycles. The molecule has 116 valence electrons. The molecule has 1 heterocycles. The van der Waals surface area contributed by atoms with Crippen LogP contribution < -0.4 is 5.32 Å². The molecule has 0 fully saturated rings. The first kappa shape index (κ1) is 16.9. The Kier molecular flexibility index (Phi) is 5.69. The number of aromatic carboxylic acids is 1. The molecular weight excluding hydrogens is 289 g/mol. The normalized spacial score (nSPS) is 11.2. The molecular formula is C13H15F3N2O3. The number of halogens is 3. The molecule has 0 bridgehead atoms. The molecule has 0 aromatic carbocycles. The van der Waals surface area contributed by atoms with Crippen LogP contribution >= 0.6 is 0 Å². The monoisotopic (exact) mass is 304 g/mol. The molecule has 1 rings (SSSR count). The number of carboxylic acids is 1. The van der Waals surface area contributed by atoms with Crippen molar-refractivity contribution in [2.45, 2.75) is 32.4 Å². The Morgan fingerprint density at radius 1 is 1.29 bits per heavy atom. The first-order valence-corrected chi connectivity index (χ1v) is 6.26. The van der Waals surface area contributed by atoms with E-state index in [2.05, 4.69) is 10.3 Å². The van der Waals surface area contributed by atoms with Crippen molar-refractivity contribution in [3.05, 3.63) is 29.1 Å². The van der Waals surface area contributed by atoms with Gasteiger partial charge in [-0.15, -0.1) is 0 Å². The third-order valence-electron chi connectivity index (χ3n) is 2.72. The number of rotatable bonds is 6. The third kappa shape index (κ3) is 5.80. The number of nitrogens with one attached hydrogen (secondary N) is 1. The molecule has 1 aromatic heterocycles. The topological polar surface area (TPSA) is 79.3 Å². The quantitative estimate of drug-likeness (QED) is 0.792. The van der Waals surface area contributed by atoms with Gasteiger partial charge in [0.15, 0.2) is 0 Å². The van der Waals surface area contributed by atoms with E-state index in [9.17, 15) is 22.8 Å². The summed E-state index contributed by atoms with van der Waals surface area (Å²) in [6, 6.07) is 2.53. The van der Waals surface area contributed by atoms with Crippen LogP contribution in [0.2, 0.25) is 0 Å². The largest absolute Gasteiger partial charge is 0.478 e. The van der Waals surface area contributed by atoms with Gasteiger partial charge in [0.1, 0.15) is 5.69 Å². The standard InChI is InChI=1S/C13H15F3N2O3/c1-8-9(12(20)21)4-5-10(18-8)11(19)17-7-3-2-6-13(14,15)16/h4-5H,2-3,6-7H2,1H3,(H,17,19)(H,20,21). The lowest BCUT2D eigenvalue weighted by molar-refractivity contribution is -0.135. The number of aromatic nitrogens is 1. The van der Waals surface area contributed by atoms with E-state index in [1.807, 2.05) is 0 Å². The second kappa shape index (κ2) is 7.05. The number of aryl methyl sites for hydroxylation is 1. The highest BCUT2D eigenvalue weighted by Gasteiger charge is 2.25. The Bertz CT molecular complexity index is 530. The van der Waals surface area contributed by atoms with Gasteiger partial charge in [0.25, 0.3) is 5.91 Å². The predicted molar refractivity (Wildman–Crippen MR) is 68.2 cm³/mol. The summed E-state index contributed by atoms with van der Waals surface area (Å²) in [7, 11) is 0. The molecule has 5 nitrogen and oxygen atoms in total. The van der Waals surface area contributed by atoms with E-state index in [-0.39, 0.29) is 36.3 Å². The molecule has 2 N–H and O–H groups in total. The van der Waals surface area contributed by atoms with Gasteiger partial charge in [0.2, 0.25) is 0 Å². The lowest BCUT2D eigenvalue weighted by Gasteiger charge is -2.08. The second-order valence-corrected chi connectivity index (χ2v) is 4.46. The molecule has 0 spiro atoms. The van der Waals surface area contributed by atoms with Gasteiger partial charge in [0, 0.05) is 13.0 Å². The minimum Gasteiger partial charge on any atom is -0.478 e. The minimum atomic E-state index is -4.19. The zero-order chi connectivity index (χ0) is 16.0. The Labute approximate surface area is 119 Å². The van der Waals surface area contributed by atoms with Gasteiger partial charge in [0.05, 0.1) is 11.3 Å². The molecule has 0 aliphatic carbocycles. The molecule has 0 saturated heterocycles. The fraction of sp³-hybridized carbons (Fsp3) is 0.462. The van der Waals surface area contributed by atoms with Crippen LogP contribution in [0.15, 0.2) is 12.1 Å². The van der Waals surface area contributed by atoms with Crippen LogP contribution in [0.25, 0.3) is 0 Å². The van der Waals surface area contributed by atoms with Crippen LogP contribution in [-0.2, 0) is 0 Å². The lowest BCUT2D eigenvalue weighted by Crippen LogP contribution is -2.26. The zero-order valence-corrected chi connectivity index (χ0v) is 11.3. The number of carbonyl (C=O) groups is 2. The van der Waals surface area contributed by atoms with Gasteiger partial charge in [-0.1, -0.05) is 0 Å². The summed E-state index contributed by atoms with van der Waals surface area (Å²) in [5.41, 5.74) is 0.234. The first-order chi connectivity index (χ1) is 9.70. The average molecular weight is 304 g/mol. The van der Waals surface area contributed by atoms with Crippen molar-refractivity contribution in [2.24, 2.45) is 0 Å². The van der Waals surface area contributed by atoms with E-state index in [4.69, 9.17) is 5.11 Å². The summed E-state index contributed by atoms with van der Waals surface area (Å²) >= 11 is 0. The highest BCUT2D eigenvalue weighted by atomic mass is 19.4. The van der Waals surface area contributed by atoms with Crippen molar-refractivity contribution < 1.29 is 27.9 Å². The molecule has 1 amide bonds. The Morgan fingerprint density at radius 2 is 1.95 bits per heavy atom. The molecule has 0 aliphatic rings. The average Bonchev–Trinajstić information content (AvgIpc) is 2.36. The number of carbonyl (C=O) groups excluding carboxylic acids is 1. The number of pyridine rings is 1. The number of alkyl halides is 3. The van der Waals surface area contributed by atoms with E-state index in [0.717, 1.165) is 0 Å². The summed E-state index contributed by atoms with van der Waals surface area (Å²) in [6.07, 6.45) is -4.92. The van der Waals surface area contributed by atoms with E-state index in [0.29, 0.717) is 0 Å². The number of hydrogen-bond acceptors (Lipinski definition) is 3. The van der Waals surface area contributed by atoms with E-state index < -0.39 is 24.5 Å². The van der Waals surface area contributed by atoms with Crippen molar-refractivity contribution in [1.29, 1.82) is 0 Å². The number of carboxylic acid groups (broad SMARTS) is 1. The Hall–Kier alpha value is -2.12. The number of hydrogen-bond donors (Lipinski definition) is 2. The van der Waals surface area contributed by atoms with Crippen LogP contribution in [0.3, 0.4) is 0 Å². The molecule has 0 aliphatic heterocycles. The van der Waals surface area contributed by atoms with Gasteiger partial charge in [-0.2, -0.15) is 13.2 Å². The number of amides is 1. The van der Waals surface area contributed by atoms with Gasteiger partial charge < -0.3 is 10.4 Å². The van der Waals surface area contributed by atoms with E-state index in [1.54, 1.807) is 0 Å². The highest BCUT2D eigenvalue weighted by Crippen LogP contribution is 2.21. The molecule has 1 aromatic rings. The van der Waals surface area contributed by atoms with Crippen molar-refractivity contribution in [3.8, 4) is 0 Å². The van der Waals surface area contributed by atoms with Crippen LogP contribution in [-0.4, -0.2) is 34.7 Å². The maximum atomic E-state index is 11.9. The summed E-state index contributed by atoms with van der Waals surface area (Å²) in [4.78, 5) is 26.3. The maximum Gasteiger partial charge on any atom is 0.389 e. The molecule has 0 atom stereocenters.